The highest BCUT2D eigenvalue weighted by molar-refractivity contribution is 5.80. The van der Waals surface area contributed by atoms with Crippen LogP contribution >= 0.6 is 0 Å². The van der Waals surface area contributed by atoms with Gasteiger partial charge in [-0.1, -0.05) is 13.3 Å². The Morgan fingerprint density at radius 1 is 1.33 bits per heavy atom. The molecule has 2 atom stereocenters. The van der Waals surface area contributed by atoms with E-state index in [1.807, 2.05) is 0 Å². The van der Waals surface area contributed by atoms with Gasteiger partial charge in [-0.2, -0.15) is 0 Å². The molecule has 0 aromatic rings. The molecule has 0 spiro atoms. The maximum Gasteiger partial charge on any atom is 0.306 e. The van der Waals surface area contributed by atoms with Crippen molar-refractivity contribution in [3.63, 3.8) is 0 Å². The van der Waals surface area contributed by atoms with Gasteiger partial charge in [-0.3, -0.25) is 9.59 Å². The molecule has 0 aromatic carbocycles. The van der Waals surface area contributed by atoms with Crippen molar-refractivity contribution >= 4 is 11.9 Å². The van der Waals surface area contributed by atoms with Gasteiger partial charge in [-0.25, -0.2) is 0 Å². The minimum Gasteiger partial charge on any atom is -0.481 e. The van der Waals surface area contributed by atoms with Crippen LogP contribution in [0.4, 0.5) is 0 Å². The normalized spacial score (nSPS) is 25.1. The predicted octanol–water partition coefficient (Wildman–Crippen LogP) is 1.40. The summed E-state index contributed by atoms with van der Waals surface area (Å²) in [7, 11) is 0. The first-order chi connectivity index (χ1) is 7.15. The van der Waals surface area contributed by atoms with E-state index in [2.05, 4.69) is 12.2 Å². The molecule has 1 saturated carbocycles. The van der Waals surface area contributed by atoms with Crippen LogP contribution in [-0.4, -0.2) is 23.5 Å². The van der Waals surface area contributed by atoms with Crippen LogP contribution in [0.2, 0.25) is 0 Å². The molecular weight excluding hydrogens is 194 g/mol. The van der Waals surface area contributed by atoms with Crippen LogP contribution < -0.4 is 5.32 Å². The first-order valence-electron chi connectivity index (χ1n) is 5.65. The van der Waals surface area contributed by atoms with Crippen molar-refractivity contribution in [1.29, 1.82) is 0 Å². The Morgan fingerprint density at radius 2 is 2.00 bits per heavy atom. The fraction of sp³-hybridized carbons (Fsp3) is 0.818. The molecule has 86 valence electrons. The van der Waals surface area contributed by atoms with E-state index in [9.17, 15) is 9.59 Å². The molecule has 4 heteroatoms. The number of carboxylic acids is 1. The molecule has 15 heavy (non-hydrogen) atoms. The molecule has 1 aliphatic rings. The summed E-state index contributed by atoms with van der Waals surface area (Å²) in [6.07, 6.45) is 3.91. The Bertz CT molecular complexity index is 240. The molecule has 4 nitrogen and oxygen atoms in total. The topological polar surface area (TPSA) is 66.4 Å². The van der Waals surface area contributed by atoms with E-state index in [4.69, 9.17) is 5.11 Å². The van der Waals surface area contributed by atoms with Gasteiger partial charge in [-0.05, 0) is 25.7 Å². The number of nitrogens with one attached hydrogen (secondary N) is 1. The summed E-state index contributed by atoms with van der Waals surface area (Å²) in [5.41, 5.74) is 0. The number of carbonyl (C=O) groups excluding carboxylic acids is 1. The van der Waals surface area contributed by atoms with Crippen molar-refractivity contribution in [2.75, 3.05) is 6.54 Å². The molecule has 2 unspecified atom stereocenters. The monoisotopic (exact) mass is 213 g/mol. The van der Waals surface area contributed by atoms with E-state index in [1.165, 1.54) is 0 Å². The number of amides is 1. The lowest BCUT2D eigenvalue weighted by atomic mass is 10.0. The van der Waals surface area contributed by atoms with Gasteiger partial charge in [0.05, 0.1) is 5.92 Å². The second-order valence-corrected chi connectivity index (χ2v) is 4.19. The number of rotatable bonds is 5. The molecule has 2 N–H and O–H groups in total. The fourth-order valence-corrected chi connectivity index (χ4v) is 1.98. The van der Waals surface area contributed by atoms with Gasteiger partial charge in [0.15, 0.2) is 0 Å². The highest BCUT2D eigenvalue weighted by Gasteiger charge is 2.33. The summed E-state index contributed by atoms with van der Waals surface area (Å²) in [5, 5.41) is 11.6. The lowest BCUT2D eigenvalue weighted by Gasteiger charge is -2.09. The Morgan fingerprint density at radius 3 is 2.53 bits per heavy atom. The van der Waals surface area contributed by atoms with Crippen molar-refractivity contribution in [1.82, 2.24) is 5.32 Å². The SMILES string of the molecule is CCCCNC(=O)C1CCC(C(=O)O)C1. The Labute approximate surface area is 90.0 Å². The molecule has 1 fully saturated rings. The van der Waals surface area contributed by atoms with Crippen molar-refractivity contribution in [2.24, 2.45) is 11.8 Å². The quantitative estimate of drug-likeness (QED) is 0.678. The Kier molecular flexibility index (Phi) is 4.59. The van der Waals surface area contributed by atoms with Crippen LogP contribution in [0, 0.1) is 11.8 Å². The van der Waals surface area contributed by atoms with Crippen LogP contribution in [0.5, 0.6) is 0 Å². The van der Waals surface area contributed by atoms with Gasteiger partial charge in [-0.15, -0.1) is 0 Å². The van der Waals surface area contributed by atoms with E-state index >= 15 is 0 Å². The third-order valence-corrected chi connectivity index (χ3v) is 2.98. The number of carbonyl (C=O) groups is 2. The molecule has 1 amide bonds. The summed E-state index contributed by atoms with van der Waals surface area (Å²) < 4.78 is 0. The van der Waals surface area contributed by atoms with E-state index < -0.39 is 5.97 Å². The minimum atomic E-state index is -0.765. The molecule has 0 aliphatic heterocycles. The highest BCUT2D eigenvalue weighted by atomic mass is 16.4. The number of hydrogen-bond donors (Lipinski definition) is 2. The lowest BCUT2D eigenvalue weighted by Crippen LogP contribution is -2.30. The van der Waals surface area contributed by atoms with Crippen LogP contribution in [0.1, 0.15) is 39.0 Å². The third kappa shape index (κ3) is 3.53. The second kappa shape index (κ2) is 5.73. The van der Waals surface area contributed by atoms with Crippen LogP contribution in [0.25, 0.3) is 0 Å². The zero-order valence-electron chi connectivity index (χ0n) is 9.16. The predicted molar refractivity (Wildman–Crippen MR) is 56.4 cm³/mol. The van der Waals surface area contributed by atoms with Gasteiger partial charge in [0.2, 0.25) is 5.91 Å². The Balaban J connectivity index is 2.27. The van der Waals surface area contributed by atoms with Gasteiger partial charge < -0.3 is 10.4 Å². The van der Waals surface area contributed by atoms with Gasteiger partial charge >= 0.3 is 5.97 Å². The maximum absolute atomic E-state index is 11.6. The number of unbranched alkanes of at least 4 members (excludes halogenated alkanes) is 1. The first-order valence-corrected chi connectivity index (χ1v) is 5.65. The van der Waals surface area contributed by atoms with Crippen molar-refractivity contribution in [2.45, 2.75) is 39.0 Å². The molecule has 1 rings (SSSR count). The maximum atomic E-state index is 11.6. The van der Waals surface area contributed by atoms with E-state index in [-0.39, 0.29) is 17.7 Å². The first kappa shape index (κ1) is 12.0. The van der Waals surface area contributed by atoms with E-state index in [0.717, 1.165) is 19.3 Å². The van der Waals surface area contributed by atoms with E-state index in [0.29, 0.717) is 19.4 Å². The van der Waals surface area contributed by atoms with E-state index in [1.54, 1.807) is 0 Å². The van der Waals surface area contributed by atoms with Crippen molar-refractivity contribution < 1.29 is 14.7 Å². The molecule has 0 saturated heterocycles. The summed E-state index contributed by atoms with van der Waals surface area (Å²) in [6.45, 7) is 2.78. The smallest absolute Gasteiger partial charge is 0.306 e. The summed E-state index contributed by atoms with van der Waals surface area (Å²) in [5.74, 6) is -1.12. The molecular formula is C11H19NO3. The largest absolute Gasteiger partial charge is 0.481 e. The Hall–Kier alpha value is -1.06. The van der Waals surface area contributed by atoms with Gasteiger partial charge in [0, 0.05) is 12.5 Å². The minimum absolute atomic E-state index is 0.0344. The van der Waals surface area contributed by atoms with Crippen LogP contribution in [0.3, 0.4) is 0 Å². The van der Waals surface area contributed by atoms with Crippen molar-refractivity contribution in [3.8, 4) is 0 Å². The number of hydrogen-bond acceptors (Lipinski definition) is 2. The average Bonchev–Trinajstić information content (AvgIpc) is 2.66. The van der Waals surface area contributed by atoms with Crippen LogP contribution in [-0.2, 0) is 9.59 Å². The summed E-state index contributed by atoms with van der Waals surface area (Å²) in [6, 6.07) is 0. The highest BCUT2D eigenvalue weighted by Crippen LogP contribution is 2.30. The number of aliphatic carboxylic acids is 1. The number of carboxylic acid groups (broad SMARTS) is 1. The standard InChI is InChI=1S/C11H19NO3/c1-2-3-6-12-10(13)8-4-5-9(7-8)11(14)15/h8-9H,2-7H2,1H3,(H,12,13)(H,14,15). The van der Waals surface area contributed by atoms with Gasteiger partial charge in [0.25, 0.3) is 0 Å². The average molecular weight is 213 g/mol. The molecule has 0 heterocycles. The van der Waals surface area contributed by atoms with Crippen LogP contribution in [0.15, 0.2) is 0 Å². The third-order valence-electron chi connectivity index (χ3n) is 2.98. The summed E-state index contributed by atoms with van der Waals surface area (Å²) in [4.78, 5) is 22.3. The van der Waals surface area contributed by atoms with Gasteiger partial charge in [0.1, 0.15) is 0 Å². The molecule has 0 bridgehead atoms. The lowest BCUT2D eigenvalue weighted by molar-refractivity contribution is -0.141. The second-order valence-electron chi connectivity index (χ2n) is 4.19. The zero-order chi connectivity index (χ0) is 11.3. The summed E-state index contributed by atoms with van der Waals surface area (Å²) >= 11 is 0. The fourth-order valence-electron chi connectivity index (χ4n) is 1.98. The van der Waals surface area contributed by atoms with Crippen molar-refractivity contribution in [3.05, 3.63) is 0 Å². The molecule has 0 aromatic heterocycles. The molecule has 0 radical (unpaired) electrons. The molecule has 1 aliphatic carbocycles. The zero-order valence-corrected chi connectivity index (χ0v) is 9.16.